The number of carbonyl (C=O) groups excluding carboxylic acids is 1. The van der Waals surface area contributed by atoms with Crippen LogP contribution in [0.4, 0.5) is 0 Å². The molecular weight excluding hydrogens is 442 g/mol. The van der Waals surface area contributed by atoms with Gasteiger partial charge in [0, 0.05) is 6.20 Å². The predicted octanol–water partition coefficient (Wildman–Crippen LogP) is 2.83. The summed E-state index contributed by atoms with van der Waals surface area (Å²) in [4.78, 5) is 24.3. The van der Waals surface area contributed by atoms with Gasteiger partial charge in [0.2, 0.25) is 5.91 Å². The second-order valence-electron chi connectivity index (χ2n) is 7.61. The van der Waals surface area contributed by atoms with Gasteiger partial charge >= 0.3 is 5.97 Å². The van der Waals surface area contributed by atoms with E-state index in [4.69, 9.17) is 0 Å². The van der Waals surface area contributed by atoms with Gasteiger partial charge in [0.1, 0.15) is 5.92 Å². The molecule has 2 N–H and O–H groups in total. The maximum atomic E-state index is 12.7. The van der Waals surface area contributed by atoms with E-state index in [1.165, 1.54) is 18.3 Å². The molecule has 0 aliphatic carbocycles. The Bertz CT molecular complexity index is 1410. The fraction of sp³-hybridized carbons (Fsp3) is 0.125. The van der Waals surface area contributed by atoms with Crippen molar-refractivity contribution < 1.29 is 23.1 Å². The van der Waals surface area contributed by atoms with Gasteiger partial charge in [-0.05, 0) is 40.5 Å². The number of carbonyl (C=O) groups is 2. The molecule has 4 rings (SSSR count). The third-order valence-corrected chi connectivity index (χ3v) is 6.54. The highest BCUT2D eigenvalue weighted by atomic mass is 32.2. The predicted molar refractivity (Wildman–Crippen MR) is 122 cm³/mol. The number of sulfonamides is 1. The molecule has 3 aromatic carbocycles. The first-order valence-electron chi connectivity index (χ1n) is 10.2. The Morgan fingerprint density at radius 2 is 1.64 bits per heavy atom. The average molecular weight is 464 g/mol. The summed E-state index contributed by atoms with van der Waals surface area (Å²) in [5.74, 6) is -4.11. The Morgan fingerprint density at radius 3 is 2.36 bits per heavy atom. The van der Waals surface area contributed by atoms with E-state index in [1.54, 1.807) is 29.1 Å². The fourth-order valence-electron chi connectivity index (χ4n) is 3.49. The van der Waals surface area contributed by atoms with Crippen molar-refractivity contribution in [2.75, 3.05) is 0 Å². The molecule has 0 saturated heterocycles. The molecule has 9 heteroatoms. The number of amides is 1. The number of aromatic nitrogens is 2. The van der Waals surface area contributed by atoms with Gasteiger partial charge in [-0.15, -0.1) is 0 Å². The van der Waals surface area contributed by atoms with Crippen LogP contribution in [0, 0.1) is 5.92 Å². The zero-order chi connectivity index (χ0) is 23.4. The number of carboxylic acid groups (broad SMARTS) is 1. The van der Waals surface area contributed by atoms with Crippen LogP contribution in [0.1, 0.15) is 11.1 Å². The number of hydrogen-bond acceptors (Lipinski definition) is 5. The molecule has 168 valence electrons. The molecule has 0 fully saturated rings. The Labute approximate surface area is 190 Å². The molecule has 4 aromatic rings. The smallest absolute Gasteiger partial charge is 0.316 e. The van der Waals surface area contributed by atoms with Crippen molar-refractivity contribution in [1.29, 1.82) is 0 Å². The largest absolute Gasteiger partial charge is 0.481 e. The van der Waals surface area contributed by atoms with Gasteiger partial charge in [0.05, 0.1) is 17.6 Å². The minimum atomic E-state index is -4.24. The van der Waals surface area contributed by atoms with E-state index in [0.717, 1.165) is 10.9 Å². The first kappa shape index (κ1) is 22.2. The van der Waals surface area contributed by atoms with Crippen molar-refractivity contribution in [2.24, 2.45) is 5.92 Å². The molecule has 0 radical (unpaired) electrons. The molecule has 1 heterocycles. The normalized spacial score (nSPS) is 12.4. The summed E-state index contributed by atoms with van der Waals surface area (Å²) in [6, 6.07) is 21.2. The number of benzene rings is 3. The molecule has 1 atom stereocenters. The van der Waals surface area contributed by atoms with E-state index in [1.807, 2.05) is 47.2 Å². The lowest BCUT2D eigenvalue weighted by molar-refractivity contribution is -0.146. The molecular formula is C24H21N3O5S. The van der Waals surface area contributed by atoms with Crippen LogP contribution in [0.25, 0.3) is 10.8 Å². The topological polar surface area (TPSA) is 118 Å². The number of fused-ring (bicyclic) bond motifs is 1. The van der Waals surface area contributed by atoms with Gasteiger partial charge in [0.25, 0.3) is 10.0 Å². The summed E-state index contributed by atoms with van der Waals surface area (Å²) in [7, 11) is -4.24. The van der Waals surface area contributed by atoms with Gasteiger partial charge in [-0.2, -0.15) is 5.10 Å². The van der Waals surface area contributed by atoms with Crippen LogP contribution >= 0.6 is 0 Å². The Hall–Kier alpha value is -3.98. The third-order valence-electron chi connectivity index (χ3n) is 5.19. The molecule has 1 amide bonds. The monoisotopic (exact) mass is 463 g/mol. The van der Waals surface area contributed by atoms with Crippen LogP contribution in [0.15, 0.2) is 90.1 Å². The Balaban J connectivity index is 1.48. The van der Waals surface area contributed by atoms with Crippen molar-refractivity contribution in [2.45, 2.75) is 17.9 Å². The van der Waals surface area contributed by atoms with Gasteiger partial charge in [-0.25, -0.2) is 13.1 Å². The van der Waals surface area contributed by atoms with E-state index in [9.17, 15) is 23.1 Å². The zero-order valence-electron chi connectivity index (χ0n) is 17.5. The fourth-order valence-corrected chi connectivity index (χ4v) is 4.55. The van der Waals surface area contributed by atoms with Gasteiger partial charge in [-0.1, -0.05) is 60.7 Å². The van der Waals surface area contributed by atoms with Crippen LogP contribution < -0.4 is 4.72 Å². The number of hydrogen-bond donors (Lipinski definition) is 2. The summed E-state index contributed by atoms with van der Waals surface area (Å²) >= 11 is 0. The zero-order valence-corrected chi connectivity index (χ0v) is 18.3. The SMILES string of the molecule is O=C(O)C(Cc1cnn(Cc2ccccc2)c1)C(=O)NS(=O)(=O)c1ccc2ccccc2c1. The van der Waals surface area contributed by atoms with Crippen LogP contribution in [-0.2, 0) is 32.6 Å². The highest BCUT2D eigenvalue weighted by Gasteiger charge is 2.31. The van der Waals surface area contributed by atoms with Gasteiger partial charge in [0.15, 0.2) is 0 Å². The van der Waals surface area contributed by atoms with Crippen molar-refractivity contribution in [3.8, 4) is 0 Å². The Morgan fingerprint density at radius 1 is 0.939 bits per heavy atom. The molecule has 0 saturated carbocycles. The second-order valence-corrected chi connectivity index (χ2v) is 9.29. The minimum absolute atomic E-state index is 0.116. The standard InChI is InChI=1S/C24H21N3O5S/c28-23(26-33(31,32)21-11-10-19-8-4-5-9-20(19)13-21)22(24(29)30)12-18-14-25-27(16-18)15-17-6-2-1-3-7-17/h1-11,13-14,16,22H,12,15H2,(H,26,28)(H,29,30). The lowest BCUT2D eigenvalue weighted by atomic mass is 10.0. The minimum Gasteiger partial charge on any atom is -0.481 e. The number of nitrogens with zero attached hydrogens (tertiary/aromatic N) is 2. The number of carboxylic acids is 1. The van der Waals surface area contributed by atoms with Gasteiger partial charge in [-0.3, -0.25) is 14.3 Å². The van der Waals surface area contributed by atoms with Crippen LogP contribution in [0.3, 0.4) is 0 Å². The highest BCUT2D eigenvalue weighted by Crippen LogP contribution is 2.19. The van der Waals surface area contributed by atoms with E-state index in [0.29, 0.717) is 17.5 Å². The summed E-state index contributed by atoms with van der Waals surface area (Å²) in [5.41, 5.74) is 1.53. The number of nitrogens with one attached hydrogen (secondary N) is 1. The molecule has 0 aliphatic heterocycles. The maximum absolute atomic E-state index is 12.7. The molecule has 1 unspecified atom stereocenters. The summed E-state index contributed by atoms with van der Waals surface area (Å²) < 4.78 is 29.0. The quantitative estimate of drug-likeness (QED) is 0.388. The first-order chi connectivity index (χ1) is 15.8. The molecule has 0 spiro atoms. The summed E-state index contributed by atoms with van der Waals surface area (Å²) in [5, 5.41) is 15.3. The first-order valence-corrected chi connectivity index (χ1v) is 11.6. The van der Waals surface area contributed by atoms with E-state index in [-0.39, 0.29) is 11.3 Å². The number of rotatable bonds is 8. The highest BCUT2D eigenvalue weighted by molar-refractivity contribution is 7.90. The van der Waals surface area contributed by atoms with E-state index >= 15 is 0 Å². The van der Waals surface area contributed by atoms with Crippen molar-refractivity contribution in [3.05, 3.63) is 96.3 Å². The van der Waals surface area contributed by atoms with E-state index < -0.39 is 27.8 Å². The number of aliphatic carboxylic acids is 1. The van der Waals surface area contributed by atoms with Crippen LogP contribution in [-0.4, -0.2) is 35.2 Å². The summed E-state index contributed by atoms with van der Waals surface area (Å²) in [6.07, 6.45) is 2.93. The second kappa shape index (κ2) is 9.25. The van der Waals surface area contributed by atoms with Crippen molar-refractivity contribution >= 4 is 32.7 Å². The van der Waals surface area contributed by atoms with Crippen molar-refractivity contribution in [1.82, 2.24) is 14.5 Å². The van der Waals surface area contributed by atoms with Gasteiger partial charge < -0.3 is 5.11 Å². The van der Waals surface area contributed by atoms with Crippen LogP contribution in [0.2, 0.25) is 0 Å². The third kappa shape index (κ3) is 5.27. The van der Waals surface area contributed by atoms with E-state index in [2.05, 4.69) is 5.10 Å². The summed E-state index contributed by atoms with van der Waals surface area (Å²) in [6.45, 7) is 0.487. The van der Waals surface area contributed by atoms with Crippen molar-refractivity contribution in [3.63, 3.8) is 0 Å². The molecule has 33 heavy (non-hydrogen) atoms. The molecule has 8 nitrogen and oxygen atoms in total. The average Bonchev–Trinajstić information content (AvgIpc) is 3.24. The van der Waals surface area contributed by atoms with Crippen LogP contribution in [0.5, 0.6) is 0 Å². The Kier molecular flexibility index (Phi) is 6.23. The molecule has 1 aromatic heterocycles. The maximum Gasteiger partial charge on any atom is 0.316 e. The molecule has 0 aliphatic rings. The molecule has 0 bridgehead atoms. The lowest BCUT2D eigenvalue weighted by Gasteiger charge is -2.13. The lowest BCUT2D eigenvalue weighted by Crippen LogP contribution is -2.40.